The molecule has 116 valence electrons. The number of hydrogen-bond donors (Lipinski definition) is 2. The molecule has 0 unspecified atom stereocenters. The number of carbonyl (C=O) groups is 2. The Balaban J connectivity index is 2.74. The van der Waals surface area contributed by atoms with Crippen LogP contribution in [0.4, 0.5) is 5.69 Å². The van der Waals surface area contributed by atoms with Crippen LogP contribution >= 0.6 is 0 Å². The number of carboxylic acid groups (broad SMARTS) is 1. The minimum Gasteiger partial charge on any atom is -0.497 e. The number of aromatic carboxylic acids is 1. The molecule has 0 spiro atoms. The van der Waals surface area contributed by atoms with Crippen LogP contribution in [0.5, 0.6) is 5.75 Å². The molecule has 0 radical (unpaired) electrons. The van der Waals surface area contributed by atoms with Gasteiger partial charge < -0.3 is 15.2 Å². The van der Waals surface area contributed by atoms with Crippen LogP contribution in [0.2, 0.25) is 0 Å². The van der Waals surface area contributed by atoms with Crippen molar-refractivity contribution < 1.29 is 27.9 Å². The maximum atomic E-state index is 11.7. The smallest absolute Gasteiger partial charge is 0.337 e. The number of carboxylic acids is 1. The molecule has 1 amide bonds. The minimum atomic E-state index is -3.11. The molecule has 0 saturated carbocycles. The number of anilines is 1. The molecule has 21 heavy (non-hydrogen) atoms. The molecule has 0 aliphatic heterocycles. The van der Waals surface area contributed by atoms with Crippen LogP contribution in [-0.4, -0.2) is 44.5 Å². The second kappa shape index (κ2) is 7.07. The lowest BCUT2D eigenvalue weighted by Gasteiger charge is -2.10. The second-order valence-electron chi connectivity index (χ2n) is 4.50. The Hall–Kier alpha value is -2.09. The molecular formula is C13H17NO6S. The van der Waals surface area contributed by atoms with E-state index in [0.717, 1.165) is 6.26 Å². The number of benzene rings is 1. The monoisotopic (exact) mass is 315 g/mol. The number of methoxy groups -OCH3 is 1. The molecule has 0 heterocycles. The normalized spacial score (nSPS) is 11.0. The number of sulfone groups is 1. The van der Waals surface area contributed by atoms with Gasteiger partial charge in [-0.3, -0.25) is 4.79 Å². The fourth-order valence-corrected chi connectivity index (χ4v) is 2.31. The maximum Gasteiger partial charge on any atom is 0.337 e. The van der Waals surface area contributed by atoms with E-state index < -0.39 is 21.7 Å². The SMILES string of the molecule is COc1ccc(NC(=O)CCCS(C)(=O)=O)c(C(=O)O)c1. The molecule has 0 saturated heterocycles. The lowest BCUT2D eigenvalue weighted by Crippen LogP contribution is -2.16. The Labute approximate surface area is 122 Å². The molecule has 1 aromatic rings. The Morgan fingerprint density at radius 2 is 2.00 bits per heavy atom. The van der Waals surface area contributed by atoms with Gasteiger partial charge in [0.2, 0.25) is 5.91 Å². The van der Waals surface area contributed by atoms with Gasteiger partial charge in [0.25, 0.3) is 0 Å². The summed E-state index contributed by atoms with van der Waals surface area (Å²) in [5.41, 5.74) is 0.0541. The van der Waals surface area contributed by atoms with Gasteiger partial charge in [0.05, 0.1) is 24.1 Å². The maximum absolute atomic E-state index is 11.7. The van der Waals surface area contributed by atoms with Gasteiger partial charge in [-0.1, -0.05) is 0 Å². The van der Waals surface area contributed by atoms with Gasteiger partial charge in [-0.25, -0.2) is 13.2 Å². The van der Waals surface area contributed by atoms with E-state index in [1.165, 1.54) is 25.3 Å². The molecule has 0 atom stereocenters. The summed E-state index contributed by atoms with van der Waals surface area (Å²) in [6, 6.07) is 4.25. The van der Waals surface area contributed by atoms with Crippen molar-refractivity contribution in [3.63, 3.8) is 0 Å². The quantitative estimate of drug-likeness (QED) is 0.781. The fraction of sp³-hybridized carbons (Fsp3) is 0.385. The van der Waals surface area contributed by atoms with Crippen molar-refractivity contribution in [2.24, 2.45) is 0 Å². The highest BCUT2D eigenvalue weighted by molar-refractivity contribution is 7.90. The van der Waals surface area contributed by atoms with Crippen LogP contribution in [0.1, 0.15) is 23.2 Å². The zero-order valence-electron chi connectivity index (χ0n) is 11.8. The zero-order chi connectivity index (χ0) is 16.0. The van der Waals surface area contributed by atoms with Gasteiger partial charge in [-0.2, -0.15) is 0 Å². The third-order valence-corrected chi connectivity index (χ3v) is 3.68. The highest BCUT2D eigenvalue weighted by Gasteiger charge is 2.14. The predicted molar refractivity (Wildman–Crippen MR) is 77.5 cm³/mol. The van der Waals surface area contributed by atoms with Gasteiger partial charge in [0.1, 0.15) is 15.6 Å². The highest BCUT2D eigenvalue weighted by atomic mass is 32.2. The third kappa shape index (κ3) is 5.82. The van der Waals surface area contributed by atoms with Gasteiger partial charge in [-0.05, 0) is 24.6 Å². The van der Waals surface area contributed by atoms with Gasteiger partial charge >= 0.3 is 5.97 Å². The van der Waals surface area contributed by atoms with Crippen LogP contribution in [-0.2, 0) is 14.6 Å². The summed E-state index contributed by atoms with van der Waals surface area (Å²) in [5, 5.41) is 11.6. The number of hydrogen-bond acceptors (Lipinski definition) is 5. The number of ether oxygens (including phenoxy) is 1. The van der Waals surface area contributed by atoms with E-state index in [1.54, 1.807) is 0 Å². The molecule has 1 rings (SSSR count). The first-order valence-electron chi connectivity index (χ1n) is 6.12. The third-order valence-electron chi connectivity index (χ3n) is 2.65. The van der Waals surface area contributed by atoms with Crippen LogP contribution in [0.25, 0.3) is 0 Å². The van der Waals surface area contributed by atoms with E-state index in [9.17, 15) is 18.0 Å². The fourth-order valence-electron chi connectivity index (χ4n) is 1.64. The Kier molecular flexibility index (Phi) is 5.71. The van der Waals surface area contributed by atoms with Crippen molar-refractivity contribution in [2.75, 3.05) is 24.4 Å². The average molecular weight is 315 g/mol. The number of carbonyl (C=O) groups excluding carboxylic acids is 1. The first-order valence-corrected chi connectivity index (χ1v) is 8.18. The molecule has 8 heteroatoms. The van der Waals surface area contributed by atoms with Gasteiger partial charge in [0.15, 0.2) is 0 Å². The molecule has 0 fully saturated rings. The van der Waals surface area contributed by atoms with Crippen molar-refractivity contribution in [1.29, 1.82) is 0 Å². The summed E-state index contributed by atoms with van der Waals surface area (Å²) >= 11 is 0. The van der Waals surface area contributed by atoms with Gasteiger partial charge in [0, 0.05) is 12.7 Å². The van der Waals surface area contributed by atoms with Crippen molar-refractivity contribution in [3.05, 3.63) is 23.8 Å². The van der Waals surface area contributed by atoms with E-state index in [-0.39, 0.29) is 29.8 Å². The second-order valence-corrected chi connectivity index (χ2v) is 6.76. The molecule has 7 nitrogen and oxygen atoms in total. The highest BCUT2D eigenvalue weighted by Crippen LogP contribution is 2.22. The summed E-state index contributed by atoms with van der Waals surface area (Å²) in [6.07, 6.45) is 1.28. The van der Waals surface area contributed by atoms with Crippen LogP contribution < -0.4 is 10.1 Å². The van der Waals surface area contributed by atoms with E-state index in [1.807, 2.05) is 0 Å². The Bertz CT molecular complexity index is 638. The van der Waals surface area contributed by atoms with E-state index >= 15 is 0 Å². The summed E-state index contributed by atoms with van der Waals surface area (Å²) < 4.78 is 26.8. The first-order chi connectivity index (χ1) is 9.73. The van der Waals surface area contributed by atoms with Gasteiger partial charge in [-0.15, -0.1) is 0 Å². The molecule has 0 bridgehead atoms. The lowest BCUT2D eigenvalue weighted by atomic mass is 10.1. The number of amides is 1. The summed E-state index contributed by atoms with van der Waals surface area (Å²) in [6.45, 7) is 0. The average Bonchev–Trinajstić information content (AvgIpc) is 2.37. The van der Waals surface area contributed by atoms with E-state index in [2.05, 4.69) is 5.32 Å². The van der Waals surface area contributed by atoms with Crippen molar-refractivity contribution in [3.8, 4) is 5.75 Å². The van der Waals surface area contributed by atoms with Crippen LogP contribution in [0, 0.1) is 0 Å². The lowest BCUT2D eigenvalue weighted by molar-refractivity contribution is -0.116. The molecule has 0 aliphatic rings. The summed E-state index contributed by atoms with van der Waals surface area (Å²) in [5.74, 6) is -1.36. The number of rotatable bonds is 7. The van der Waals surface area contributed by atoms with Crippen molar-refractivity contribution >= 4 is 27.4 Å². The van der Waals surface area contributed by atoms with E-state index in [0.29, 0.717) is 5.75 Å². The van der Waals surface area contributed by atoms with Crippen LogP contribution in [0.15, 0.2) is 18.2 Å². The van der Waals surface area contributed by atoms with E-state index in [4.69, 9.17) is 9.84 Å². The van der Waals surface area contributed by atoms with Crippen molar-refractivity contribution in [2.45, 2.75) is 12.8 Å². The topological polar surface area (TPSA) is 110 Å². The molecule has 2 N–H and O–H groups in total. The standard InChI is InChI=1S/C13H17NO6S/c1-20-9-5-6-11(10(8-9)13(16)17)14-12(15)4-3-7-21(2,18)19/h5-6,8H,3-4,7H2,1-2H3,(H,14,15)(H,16,17). The predicted octanol–water partition coefficient (Wildman–Crippen LogP) is 1.16. The molecule has 0 aromatic heterocycles. The summed E-state index contributed by atoms with van der Waals surface area (Å²) in [7, 11) is -1.71. The van der Waals surface area contributed by atoms with Crippen molar-refractivity contribution in [1.82, 2.24) is 0 Å². The first kappa shape index (κ1) is 17.0. The largest absolute Gasteiger partial charge is 0.497 e. The number of nitrogens with one attached hydrogen (secondary N) is 1. The molecular weight excluding hydrogens is 298 g/mol. The molecule has 0 aliphatic carbocycles. The zero-order valence-corrected chi connectivity index (χ0v) is 12.6. The molecule has 1 aromatic carbocycles. The summed E-state index contributed by atoms with van der Waals surface area (Å²) in [4.78, 5) is 22.8. The van der Waals surface area contributed by atoms with Crippen LogP contribution in [0.3, 0.4) is 0 Å². The Morgan fingerprint density at radius 1 is 1.33 bits per heavy atom. The minimum absolute atomic E-state index is 0.00183. The Morgan fingerprint density at radius 3 is 2.52 bits per heavy atom.